The minimum Gasteiger partial charge on any atom is -0.481 e. The average Bonchev–Trinajstić information content (AvgIpc) is 2.54. The van der Waals surface area contributed by atoms with Gasteiger partial charge in [0.25, 0.3) is 6.47 Å². The Balaban J connectivity index is 2.12. The van der Waals surface area contributed by atoms with E-state index in [1.807, 2.05) is 0 Å². The number of ether oxygens (including phenoxy) is 1. The van der Waals surface area contributed by atoms with Gasteiger partial charge in [-0.15, -0.1) is 0 Å². The zero-order valence-electron chi connectivity index (χ0n) is 16.3. The molecule has 1 N–H and O–H groups in total. The number of carbonyl (C=O) groups excluding carboxylic acids is 1. The van der Waals surface area contributed by atoms with Gasteiger partial charge in [0.15, 0.2) is 0 Å². The number of rotatable bonds is 5. The quantitative estimate of drug-likeness (QED) is 0.794. The van der Waals surface area contributed by atoms with E-state index >= 15 is 0 Å². The van der Waals surface area contributed by atoms with Crippen LogP contribution < -0.4 is 0 Å². The Kier molecular flexibility index (Phi) is 4.89. The lowest BCUT2D eigenvalue weighted by Crippen LogP contribution is -2.54. The lowest BCUT2D eigenvalue weighted by Gasteiger charge is -2.54. The number of hydrogen-bond acceptors (Lipinski definition) is 3. The largest absolute Gasteiger partial charge is 0.481 e. The molecule has 1 aromatic rings. The summed E-state index contributed by atoms with van der Waals surface area (Å²) in [5.74, 6) is -0.221. The molecule has 1 fully saturated rings. The molecule has 0 aromatic heterocycles. The van der Waals surface area contributed by atoms with E-state index in [4.69, 9.17) is 4.74 Å². The third-order valence-corrected chi connectivity index (χ3v) is 6.84. The molecule has 0 radical (unpaired) electrons. The lowest BCUT2D eigenvalue weighted by atomic mass is 9.53. The number of carboxylic acid groups (broad SMARTS) is 1. The SMILES string of the molecule is CC(C)c1cc2c(cc1CC(=O)O)C1(C)CCCC(C)(OC=O)C1CC2. The molecule has 1 saturated carbocycles. The fourth-order valence-corrected chi connectivity index (χ4v) is 5.63. The molecule has 3 rings (SSSR count). The third-order valence-electron chi connectivity index (χ3n) is 6.84. The molecule has 142 valence electrons. The van der Waals surface area contributed by atoms with Crippen LogP contribution in [0.5, 0.6) is 0 Å². The van der Waals surface area contributed by atoms with Gasteiger partial charge in [-0.1, -0.05) is 32.9 Å². The second kappa shape index (κ2) is 6.71. The first kappa shape index (κ1) is 18.9. The Hall–Kier alpha value is -1.84. The van der Waals surface area contributed by atoms with Gasteiger partial charge >= 0.3 is 5.97 Å². The van der Waals surface area contributed by atoms with Gasteiger partial charge in [-0.2, -0.15) is 0 Å². The highest BCUT2D eigenvalue weighted by molar-refractivity contribution is 5.71. The molecular formula is C22H30O4. The summed E-state index contributed by atoms with van der Waals surface area (Å²) in [5, 5.41) is 9.37. The van der Waals surface area contributed by atoms with Gasteiger partial charge in [0, 0.05) is 5.92 Å². The van der Waals surface area contributed by atoms with Crippen LogP contribution in [0.15, 0.2) is 12.1 Å². The predicted molar refractivity (Wildman–Crippen MR) is 100 cm³/mol. The highest BCUT2D eigenvalue weighted by Crippen LogP contribution is 2.55. The van der Waals surface area contributed by atoms with Gasteiger partial charge in [0.2, 0.25) is 0 Å². The number of aliphatic carboxylic acids is 1. The summed E-state index contributed by atoms with van der Waals surface area (Å²) >= 11 is 0. The maximum Gasteiger partial charge on any atom is 0.307 e. The molecule has 3 atom stereocenters. The van der Waals surface area contributed by atoms with Gasteiger partial charge in [-0.25, -0.2) is 0 Å². The van der Waals surface area contributed by atoms with Crippen LogP contribution in [-0.4, -0.2) is 23.1 Å². The van der Waals surface area contributed by atoms with E-state index in [1.54, 1.807) is 0 Å². The Bertz CT molecular complexity index is 723. The molecule has 2 aliphatic rings. The first-order valence-corrected chi connectivity index (χ1v) is 9.70. The standard InChI is InChI=1S/C22H30O4/c1-14(2)17-10-15-6-7-19-21(3,8-5-9-22(19,4)26-13-23)18(15)11-16(17)12-20(24)25/h10-11,13-14,19H,5-9,12H2,1-4H3,(H,24,25). The summed E-state index contributed by atoms with van der Waals surface area (Å²) < 4.78 is 5.60. The van der Waals surface area contributed by atoms with Gasteiger partial charge in [-0.3, -0.25) is 9.59 Å². The van der Waals surface area contributed by atoms with E-state index in [9.17, 15) is 14.7 Å². The molecule has 0 spiro atoms. The van der Waals surface area contributed by atoms with E-state index in [0.29, 0.717) is 12.4 Å². The van der Waals surface area contributed by atoms with Gasteiger partial charge in [0.05, 0.1) is 6.42 Å². The van der Waals surface area contributed by atoms with Crippen LogP contribution in [0.1, 0.15) is 81.5 Å². The fraction of sp³-hybridized carbons (Fsp3) is 0.636. The molecule has 0 bridgehead atoms. The van der Waals surface area contributed by atoms with Crippen LogP contribution in [0, 0.1) is 5.92 Å². The van der Waals surface area contributed by atoms with Crippen molar-refractivity contribution in [2.75, 3.05) is 0 Å². The van der Waals surface area contributed by atoms with Crippen molar-refractivity contribution in [3.8, 4) is 0 Å². The molecular weight excluding hydrogens is 328 g/mol. The maximum absolute atomic E-state index is 11.4. The van der Waals surface area contributed by atoms with Crippen molar-refractivity contribution < 1.29 is 19.4 Å². The summed E-state index contributed by atoms with van der Waals surface area (Å²) in [6.45, 7) is 9.18. The highest BCUT2D eigenvalue weighted by Gasteiger charge is 2.53. The number of hydrogen-bond donors (Lipinski definition) is 1. The monoisotopic (exact) mass is 358 g/mol. The number of fused-ring (bicyclic) bond motifs is 3. The van der Waals surface area contributed by atoms with E-state index in [2.05, 4.69) is 39.8 Å². The van der Waals surface area contributed by atoms with Crippen molar-refractivity contribution in [3.05, 3.63) is 34.4 Å². The molecule has 0 heterocycles. The molecule has 0 amide bonds. The maximum atomic E-state index is 11.4. The second-order valence-electron chi connectivity index (χ2n) is 8.82. The number of carbonyl (C=O) groups is 2. The summed E-state index contributed by atoms with van der Waals surface area (Å²) in [6.07, 6.45) is 4.98. The van der Waals surface area contributed by atoms with Crippen molar-refractivity contribution in [2.24, 2.45) is 5.92 Å². The van der Waals surface area contributed by atoms with Crippen LogP contribution in [0.25, 0.3) is 0 Å². The highest BCUT2D eigenvalue weighted by atomic mass is 16.5. The van der Waals surface area contributed by atoms with E-state index in [1.165, 1.54) is 11.1 Å². The number of carboxylic acids is 1. The first-order chi connectivity index (χ1) is 12.2. The van der Waals surface area contributed by atoms with Crippen molar-refractivity contribution in [3.63, 3.8) is 0 Å². The summed E-state index contributed by atoms with van der Waals surface area (Å²) in [7, 11) is 0. The second-order valence-corrected chi connectivity index (χ2v) is 8.82. The minimum atomic E-state index is -0.790. The normalized spacial score (nSPS) is 30.4. The summed E-state index contributed by atoms with van der Waals surface area (Å²) in [5.41, 5.74) is 4.18. The van der Waals surface area contributed by atoms with Crippen LogP contribution >= 0.6 is 0 Å². The van der Waals surface area contributed by atoms with E-state index in [-0.39, 0.29) is 17.8 Å². The van der Waals surface area contributed by atoms with Crippen LogP contribution in [0.4, 0.5) is 0 Å². The van der Waals surface area contributed by atoms with Gasteiger partial charge in [0.1, 0.15) is 5.60 Å². The summed E-state index contributed by atoms with van der Waals surface area (Å²) in [4.78, 5) is 22.5. The van der Waals surface area contributed by atoms with E-state index < -0.39 is 11.6 Å². The van der Waals surface area contributed by atoms with Crippen molar-refractivity contribution in [2.45, 2.75) is 83.2 Å². The number of benzene rings is 1. The topological polar surface area (TPSA) is 63.6 Å². The van der Waals surface area contributed by atoms with Crippen LogP contribution in [0.2, 0.25) is 0 Å². The Morgan fingerprint density at radius 1 is 1.35 bits per heavy atom. The number of aryl methyl sites for hydroxylation is 1. The molecule has 4 heteroatoms. The van der Waals surface area contributed by atoms with Crippen molar-refractivity contribution >= 4 is 12.4 Å². The van der Waals surface area contributed by atoms with Gasteiger partial charge in [-0.05, 0) is 72.6 Å². The Labute approximate surface area is 155 Å². The van der Waals surface area contributed by atoms with Crippen molar-refractivity contribution in [1.29, 1.82) is 0 Å². The minimum absolute atomic E-state index is 0.0592. The lowest BCUT2D eigenvalue weighted by molar-refractivity contribution is -0.158. The zero-order valence-corrected chi connectivity index (χ0v) is 16.3. The molecule has 2 aliphatic carbocycles. The first-order valence-electron chi connectivity index (χ1n) is 9.70. The molecule has 0 saturated heterocycles. The average molecular weight is 358 g/mol. The Morgan fingerprint density at radius 3 is 2.69 bits per heavy atom. The summed E-state index contributed by atoms with van der Waals surface area (Å²) in [6, 6.07) is 4.39. The Morgan fingerprint density at radius 2 is 2.08 bits per heavy atom. The molecule has 1 aromatic carbocycles. The van der Waals surface area contributed by atoms with E-state index in [0.717, 1.165) is 43.2 Å². The molecule has 4 nitrogen and oxygen atoms in total. The molecule has 26 heavy (non-hydrogen) atoms. The van der Waals surface area contributed by atoms with Crippen molar-refractivity contribution in [1.82, 2.24) is 0 Å². The molecule has 3 unspecified atom stereocenters. The smallest absolute Gasteiger partial charge is 0.307 e. The van der Waals surface area contributed by atoms with Gasteiger partial charge < -0.3 is 9.84 Å². The zero-order chi connectivity index (χ0) is 19.1. The van der Waals surface area contributed by atoms with Crippen LogP contribution in [-0.2, 0) is 32.6 Å². The molecule has 0 aliphatic heterocycles. The third kappa shape index (κ3) is 3.04. The van der Waals surface area contributed by atoms with Crippen LogP contribution in [0.3, 0.4) is 0 Å². The fourth-order valence-electron chi connectivity index (χ4n) is 5.63. The predicted octanol–water partition coefficient (Wildman–Crippen LogP) is 4.37.